The van der Waals surface area contributed by atoms with Crippen molar-refractivity contribution in [1.29, 1.82) is 0 Å². The fourth-order valence-corrected chi connectivity index (χ4v) is 5.37. The van der Waals surface area contributed by atoms with E-state index in [0.717, 1.165) is 0 Å². The van der Waals surface area contributed by atoms with Gasteiger partial charge in [0.1, 0.15) is 11.5 Å². The molecule has 4 rings (SSSR count). The van der Waals surface area contributed by atoms with Crippen molar-refractivity contribution in [2.24, 2.45) is 0 Å². The van der Waals surface area contributed by atoms with Gasteiger partial charge in [-0.2, -0.15) is 4.31 Å². The number of carbonyl (C=O) groups is 2. The van der Waals surface area contributed by atoms with Crippen LogP contribution in [0.15, 0.2) is 47.4 Å². The zero-order valence-corrected chi connectivity index (χ0v) is 19.9. The van der Waals surface area contributed by atoms with E-state index in [1.165, 1.54) is 34.5 Å². The van der Waals surface area contributed by atoms with E-state index in [9.17, 15) is 18.0 Å². The summed E-state index contributed by atoms with van der Waals surface area (Å²) >= 11 is 6.27. The number of methoxy groups -OCH3 is 1. The van der Waals surface area contributed by atoms with Gasteiger partial charge in [0.05, 0.1) is 42.5 Å². The van der Waals surface area contributed by atoms with Gasteiger partial charge in [0, 0.05) is 13.1 Å². The maximum Gasteiger partial charge on any atom is 0.348 e. The highest BCUT2D eigenvalue weighted by Gasteiger charge is 2.34. The zero-order valence-electron chi connectivity index (χ0n) is 18.3. The Kier molecular flexibility index (Phi) is 7.27. The summed E-state index contributed by atoms with van der Waals surface area (Å²) in [5.41, 5.74) is 0.495. The van der Waals surface area contributed by atoms with Crippen LogP contribution in [-0.2, 0) is 29.1 Å². The summed E-state index contributed by atoms with van der Waals surface area (Å²) < 4.78 is 48.1. The van der Waals surface area contributed by atoms with Gasteiger partial charge in [-0.1, -0.05) is 23.7 Å². The van der Waals surface area contributed by atoms with Crippen LogP contribution in [0.3, 0.4) is 0 Å². The Hall–Kier alpha value is -2.86. The minimum absolute atomic E-state index is 0.0288. The first-order chi connectivity index (χ1) is 16.3. The van der Waals surface area contributed by atoms with Crippen LogP contribution in [0.25, 0.3) is 0 Å². The van der Waals surface area contributed by atoms with Crippen LogP contribution in [0, 0.1) is 0 Å². The van der Waals surface area contributed by atoms with Crippen molar-refractivity contribution in [3.63, 3.8) is 0 Å². The molecule has 34 heavy (non-hydrogen) atoms. The Morgan fingerprint density at radius 2 is 1.88 bits per heavy atom. The van der Waals surface area contributed by atoms with Gasteiger partial charge in [0.25, 0.3) is 5.91 Å². The van der Waals surface area contributed by atoms with E-state index < -0.39 is 34.6 Å². The van der Waals surface area contributed by atoms with Gasteiger partial charge in [0.2, 0.25) is 16.1 Å². The standard InChI is InChI=1S/C22H23ClN2O8S/c1-30-22(27)20-13-25(17-4-2-3-5-19(17)33-20)21(26)14-32-18-7-6-15(12-16(18)23)34(28,29)24-8-10-31-11-9-24/h2-7,12,20H,8-11,13-14H2,1H3/t20-/m1/s1. The van der Waals surface area contributed by atoms with E-state index in [0.29, 0.717) is 24.7 Å². The molecule has 2 aromatic rings. The molecule has 0 spiro atoms. The second kappa shape index (κ2) is 10.2. The lowest BCUT2D eigenvalue weighted by Crippen LogP contribution is -2.48. The molecule has 0 bridgehead atoms. The number of amides is 1. The van der Waals surface area contributed by atoms with Crippen LogP contribution in [0.5, 0.6) is 11.5 Å². The molecule has 1 atom stereocenters. The van der Waals surface area contributed by atoms with Gasteiger partial charge in [-0.15, -0.1) is 0 Å². The third kappa shape index (κ3) is 4.97. The molecule has 1 amide bonds. The lowest BCUT2D eigenvalue weighted by atomic mass is 10.2. The molecule has 2 heterocycles. The predicted octanol–water partition coefficient (Wildman–Crippen LogP) is 1.71. The molecule has 10 nitrogen and oxygen atoms in total. The van der Waals surface area contributed by atoms with Crippen molar-refractivity contribution >= 4 is 39.2 Å². The van der Waals surface area contributed by atoms with Gasteiger partial charge in [-0.3, -0.25) is 4.79 Å². The number of anilines is 1. The van der Waals surface area contributed by atoms with E-state index in [4.69, 9.17) is 30.5 Å². The predicted molar refractivity (Wildman–Crippen MR) is 122 cm³/mol. The molecule has 2 aromatic carbocycles. The number of benzene rings is 2. The summed E-state index contributed by atoms with van der Waals surface area (Å²) in [6.07, 6.45) is -0.975. The van der Waals surface area contributed by atoms with Gasteiger partial charge in [-0.05, 0) is 30.3 Å². The summed E-state index contributed by atoms with van der Waals surface area (Å²) in [6.45, 7) is 0.754. The molecule has 0 radical (unpaired) electrons. The Labute approximate surface area is 201 Å². The second-order valence-corrected chi connectivity index (χ2v) is 9.84. The van der Waals surface area contributed by atoms with Crippen molar-refractivity contribution in [3.8, 4) is 11.5 Å². The maximum absolute atomic E-state index is 13.0. The number of sulfonamides is 1. The van der Waals surface area contributed by atoms with Crippen LogP contribution in [-0.4, -0.2) is 77.3 Å². The molecule has 0 saturated carbocycles. The van der Waals surface area contributed by atoms with Crippen molar-refractivity contribution < 1.29 is 37.0 Å². The van der Waals surface area contributed by atoms with Gasteiger partial charge in [0.15, 0.2) is 6.61 Å². The lowest BCUT2D eigenvalue weighted by molar-refractivity contribution is -0.148. The van der Waals surface area contributed by atoms with Crippen LogP contribution in [0.1, 0.15) is 0 Å². The highest BCUT2D eigenvalue weighted by atomic mass is 35.5. The number of fused-ring (bicyclic) bond motifs is 1. The number of carbonyl (C=O) groups excluding carboxylic acids is 2. The largest absolute Gasteiger partial charge is 0.482 e. The second-order valence-electron chi connectivity index (χ2n) is 7.50. The van der Waals surface area contributed by atoms with Crippen molar-refractivity contribution in [3.05, 3.63) is 47.5 Å². The van der Waals surface area contributed by atoms with Crippen molar-refractivity contribution in [1.82, 2.24) is 4.31 Å². The smallest absolute Gasteiger partial charge is 0.348 e. The first-order valence-electron chi connectivity index (χ1n) is 10.5. The normalized spacial score (nSPS) is 18.5. The molecule has 0 unspecified atom stereocenters. The summed E-state index contributed by atoms with van der Waals surface area (Å²) in [6, 6.07) is 10.9. The average Bonchev–Trinajstić information content (AvgIpc) is 2.87. The fraction of sp³-hybridized carbons (Fsp3) is 0.364. The fourth-order valence-electron chi connectivity index (χ4n) is 3.64. The Bertz CT molecular complexity index is 1180. The molecule has 182 valence electrons. The first-order valence-corrected chi connectivity index (χ1v) is 12.3. The molecular weight excluding hydrogens is 488 g/mol. The topological polar surface area (TPSA) is 112 Å². The Morgan fingerprint density at radius 1 is 1.15 bits per heavy atom. The monoisotopic (exact) mass is 510 g/mol. The van der Waals surface area contributed by atoms with Gasteiger partial charge in [-0.25, -0.2) is 13.2 Å². The number of hydrogen-bond acceptors (Lipinski definition) is 8. The number of nitrogens with zero attached hydrogens (tertiary/aromatic N) is 2. The average molecular weight is 511 g/mol. The SMILES string of the molecule is COC(=O)[C@H]1CN(C(=O)COc2ccc(S(=O)(=O)N3CCOCC3)cc2Cl)c2ccccc2O1. The molecule has 12 heteroatoms. The number of hydrogen-bond donors (Lipinski definition) is 0. The highest BCUT2D eigenvalue weighted by Crippen LogP contribution is 2.34. The van der Waals surface area contributed by atoms with Crippen LogP contribution < -0.4 is 14.4 Å². The summed E-state index contributed by atoms with van der Waals surface area (Å²) in [4.78, 5) is 26.4. The summed E-state index contributed by atoms with van der Waals surface area (Å²) in [5, 5.41) is 0.0527. The number of morpholine rings is 1. The minimum Gasteiger partial charge on any atom is -0.482 e. The number of para-hydroxylation sites is 2. The minimum atomic E-state index is -3.72. The Balaban J connectivity index is 1.47. The number of ether oxygens (including phenoxy) is 4. The lowest BCUT2D eigenvalue weighted by Gasteiger charge is -2.33. The van der Waals surface area contributed by atoms with Gasteiger partial charge < -0.3 is 23.8 Å². The molecule has 1 saturated heterocycles. The number of halogens is 1. The summed E-state index contributed by atoms with van der Waals surface area (Å²) in [5.74, 6) is -0.519. The van der Waals surface area contributed by atoms with Crippen LogP contribution in [0.2, 0.25) is 5.02 Å². The summed E-state index contributed by atoms with van der Waals surface area (Å²) in [7, 11) is -2.48. The maximum atomic E-state index is 13.0. The number of esters is 1. The van der Waals surface area contributed by atoms with Crippen molar-refractivity contribution in [2.75, 3.05) is 51.5 Å². The molecule has 0 N–H and O–H groups in total. The molecular formula is C22H23ClN2O8S. The molecule has 2 aliphatic rings. The molecule has 1 fully saturated rings. The van der Waals surface area contributed by atoms with E-state index in [-0.39, 0.29) is 35.3 Å². The van der Waals surface area contributed by atoms with E-state index in [1.807, 2.05) is 0 Å². The van der Waals surface area contributed by atoms with Crippen LogP contribution in [0.4, 0.5) is 5.69 Å². The molecule has 0 aromatic heterocycles. The third-order valence-electron chi connectivity index (χ3n) is 5.40. The Morgan fingerprint density at radius 3 is 2.59 bits per heavy atom. The van der Waals surface area contributed by atoms with Crippen LogP contribution >= 0.6 is 11.6 Å². The molecule has 0 aliphatic carbocycles. The first kappa shape index (κ1) is 24.3. The third-order valence-corrected chi connectivity index (χ3v) is 7.59. The quantitative estimate of drug-likeness (QED) is 0.540. The van der Waals surface area contributed by atoms with Crippen molar-refractivity contribution in [2.45, 2.75) is 11.0 Å². The number of rotatable bonds is 6. The zero-order chi connectivity index (χ0) is 24.3. The van der Waals surface area contributed by atoms with Gasteiger partial charge >= 0.3 is 5.97 Å². The highest BCUT2D eigenvalue weighted by molar-refractivity contribution is 7.89. The van der Waals surface area contributed by atoms with E-state index in [2.05, 4.69) is 0 Å². The molecule has 2 aliphatic heterocycles. The van der Waals surface area contributed by atoms with E-state index in [1.54, 1.807) is 24.3 Å². The van der Waals surface area contributed by atoms with E-state index >= 15 is 0 Å².